The van der Waals surface area contributed by atoms with Crippen LogP contribution in [-0.4, -0.2) is 13.2 Å². The van der Waals surface area contributed by atoms with Crippen LogP contribution in [0, 0.1) is 0 Å². The van der Waals surface area contributed by atoms with E-state index in [4.69, 9.17) is 21.1 Å². The van der Waals surface area contributed by atoms with Crippen LogP contribution in [-0.2, 0) is 0 Å². The number of hydrogen-bond donors (Lipinski definition) is 0. The van der Waals surface area contributed by atoms with Crippen molar-refractivity contribution in [3.63, 3.8) is 0 Å². The molecule has 0 spiro atoms. The molecule has 0 bridgehead atoms. The van der Waals surface area contributed by atoms with Crippen molar-refractivity contribution in [1.29, 1.82) is 0 Å². The van der Waals surface area contributed by atoms with Gasteiger partial charge in [-0.25, -0.2) is 0 Å². The molecule has 112 valence electrons. The summed E-state index contributed by atoms with van der Waals surface area (Å²) in [5, 5.41) is -0.249. The molecule has 21 heavy (non-hydrogen) atoms. The van der Waals surface area contributed by atoms with Crippen molar-refractivity contribution < 1.29 is 9.47 Å². The number of alkyl halides is 1. The first kappa shape index (κ1) is 16.2. The Balaban J connectivity index is 2.29. The van der Waals surface area contributed by atoms with Gasteiger partial charge in [0.05, 0.1) is 18.6 Å². The molecular weight excluding hydrogens is 352 g/mol. The van der Waals surface area contributed by atoms with Crippen molar-refractivity contribution >= 4 is 27.5 Å². The van der Waals surface area contributed by atoms with Crippen LogP contribution in [0.25, 0.3) is 0 Å². The summed E-state index contributed by atoms with van der Waals surface area (Å²) in [7, 11) is 1.65. The van der Waals surface area contributed by atoms with E-state index in [1.807, 2.05) is 56.3 Å². The number of hydrogen-bond acceptors (Lipinski definition) is 2. The van der Waals surface area contributed by atoms with Crippen LogP contribution in [0.5, 0.6) is 11.5 Å². The average molecular weight is 370 g/mol. The van der Waals surface area contributed by atoms with Gasteiger partial charge in [0, 0.05) is 4.47 Å². The van der Waals surface area contributed by atoms with Gasteiger partial charge in [-0.1, -0.05) is 34.1 Å². The van der Waals surface area contributed by atoms with E-state index in [2.05, 4.69) is 15.9 Å². The molecule has 1 atom stereocenters. The van der Waals surface area contributed by atoms with Gasteiger partial charge in [-0.15, -0.1) is 11.6 Å². The zero-order valence-electron chi connectivity index (χ0n) is 12.3. The second-order valence-corrected chi connectivity index (χ2v) is 6.28. The Kier molecular flexibility index (Phi) is 5.54. The Morgan fingerprint density at radius 3 is 2.43 bits per heavy atom. The van der Waals surface area contributed by atoms with Gasteiger partial charge in [0.25, 0.3) is 0 Å². The molecule has 2 rings (SSSR count). The standard InChI is InChI=1S/C17H18BrClO2/c1-11(2)21-14-6-4-5-12(9-14)17(19)15-8-7-13(20-3)10-16(15)18/h4-11,17H,1-3H3. The fourth-order valence-corrected chi connectivity index (χ4v) is 3.08. The molecule has 1 unspecified atom stereocenters. The number of halogens is 2. The Labute approximate surface area is 139 Å². The Morgan fingerprint density at radius 2 is 1.81 bits per heavy atom. The van der Waals surface area contributed by atoms with Gasteiger partial charge < -0.3 is 9.47 Å². The molecule has 0 aliphatic heterocycles. The van der Waals surface area contributed by atoms with Crippen LogP contribution < -0.4 is 9.47 Å². The molecule has 0 aliphatic carbocycles. The van der Waals surface area contributed by atoms with Gasteiger partial charge in [-0.2, -0.15) is 0 Å². The molecule has 0 amide bonds. The fourth-order valence-electron chi connectivity index (χ4n) is 2.04. The molecule has 0 radical (unpaired) electrons. The first-order valence-electron chi connectivity index (χ1n) is 6.75. The minimum atomic E-state index is -0.249. The van der Waals surface area contributed by atoms with Crippen LogP contribution >= 0.6 is 27.5 Å². The van der Waals surface area contributed by atoms with Crippen LogP contribution in [0.1, 0.15) is 30.4 Å². The molecule has 0 heterocycles. The largest absolute Gasteiger partial charge is 0.497 e. The second-order valence-electron chi connectivity index (χ2n) is 4.99. The number of benzene rings is 2. The van der Waals surface area contributed by atoms with E-state index in [1.54, 1.807) is 7.11 Å². The summed E-state index contributed by atoms with van der Waals surface area (Å²) in [4.78, 5) is 0. The van der Waals surface area contributed by atoms with Crippen LogP contribution in [0.3, 0.4) is 0 Å². The van der Waals surface area contributed by atoms with Gasteiger partial charge >= 0.3 is 0 Å². The van der Waals surface area contributed by atoms with Crippen LogP contribution in [0.4, 0.5) is 0 Å². The van der Waals surface area contributed by atoms with E-state index in [1.165, 1.54) is 0 Å². The SMILES string of the molecule is COc1ccc(C(Cl)c2cccc(OC(C)C)c2)c(Br)c1. The minimum Gasteiger partial charge on any atom is -0.497 e. The van der Waals surface area contributed by atoms with Gasteiger partial charge in [-0.05, 0) is 49.2 Å². The highest BCUT2D eigenvalue weighted by atomic mass is 79.9. The predicted molar refractivity (Wildman–Crippen MR) is 90.6 cm³/mol. The predicted octanol–water partition coefficient (Wildman–Crippen LogP) is 5.57. The third kappa shape index (κ3) is 4.14. The highest BCUT2D eigenvalue weighted by Gasteiger charge is 2.15. The first-order valence-corrected chi connectivity index (χ1v) is 7.98. The third-order valence-corrected chi connectivity index (χ3v) is 4.18. The molecule has 2 aromatic carbocycles. The molecule has 0 aromatic heterocycles. The normalized spacial score (nSPS) is 12.3. The summed E-state index contributed by atoms with van der Waals surface area (Å²) in [5.74, 6) is 1.63. The zero-order chi connectivity index (χ0) is 15.4. The Hall–Kier alpha value is -1.19. The molecule has 0 fully saturated rings. The van der Waals surface area contributed by atoms with Crippen molar-refractivity contribution in [2.45, 2.75) is 25.3 Å². The monoisotopic (exact) mass is 368 g/mol. The van der Waals surface area contributed by atoms with Crippen molar-refractivity contribution in [3.05, 3.63) is 58.1 Å². The highest BCUT2D eigenvalue weighted by molar-refractivity contribution is 9.10. The summed E-state index contributed by atoms with van der Waals surface area (Å²) in [6.45, 7) is 4.01. The maximum absolute atomic E-state index is 6.61. The van der Waals surface area contributed by atoms with Gasteiger partial charge in [0.1, 0.15) is 11.5 Å². The van der Waals surface area contributed by atoms with Crippen molar-refractivity contribution in [2.75, 3.05) is 7.11 Å². The summed E-state index contributed by atoms with van der Waals surface area (Å²) in [6.07, 6.45) is 0.141. The Bertz CT molecular complexity index is 613. The number of methoxy groups -OCH3 is 1. The fraction of sp³-hybridized carbons (Fsp3) is 0.294. The lowest BCUT2D eigenvalue weighted by molar-refractivity contribution is 0.242. The lowest BCUT2D eigenvalue weighted by Crippen LogP contribution is -2.06. The Morgan fingerprint density at radius 1 is 1.05 bits per heavy atom. The van der Waals surface area contributed by atoms with E-state index in [0.717, 1.165) is 27.1 Å². The molecule has 0 saturated heterocycles. The topological polar surface area (TPSA) is 18.5 Å². The summed E-state index contributed by atoms with van der Waals surface area (Å²) in [5.41, 5.74) is 2.00. The van der Waals surface area contributed by atoms with E-state index < -0.39 is 0 Å². The van der Waals surface area contributed by atoms with E-state index >= 15 is 0 Å². The number of ether oxygens (including phenoxy) is 2. The van der Waals surface area contributed by atoms with Crippen LogP contribution in [0.15, 0.2) is 46.9 Å². The molecule has 2 aromatic rings. The lowest BCUT2D eigenvalue weighted by Gasteiger charge is -2.15. The average Bonchev–Trinajstić information content (AvgIpc) is 2.46. The van der Waals surface area contributed by atoms with Crippen molar-refractivity contribution in [1.82, 2.24) is 0 Å². The van der Waals surface area contributed by atoms with Gasteiger partial charge in [0.15, 0.2) is 0 Å². The molecule has 2 nitrogen and oxygen atoms in total. The van der Waals surface area contributed by atoms with E-state index in [9.17, 15) is 0 Å². The molecule has 0 aliphatic rings. The van der Waals surface area contributed by atoms with Crippen molar-refractivity contribution in [3.8, 4) is 11.5 Å². The zero-order valence-corrected chi connectivity index (χ0v) is 14.6. The van der Waals surface area contributed by atoms with Crippen molar-refractivity contribution in [2.24, 2.45) is 0 Å². The second kappa shape index (κ2) is 7.19. The summed E-state index contributed by atoms with van der Waals surface area (Å²) < 4.78 is 11.9. The van der Waals surface area contributed by atoms with E-state index in [0.29, 0.717) is 0 Å². The molecule has 0 saturated carbocycles. The minimum absolute atomic E-state index is 0.141. The molecule has 0 N–H and O–H groups in total. The van der Waals surface area contributed by atoms with Gasteiger partial charge in [-0.3, -0.25) is 0 Å². The first-order chi connectivity index (χ1) is 10.0. The smallest absolute Gasteiger partial charge is 0.120 e. The van der Waals surface area contributed by atoms with Gasteiger partial charge in [0.2, 0.25) is 0 Å². The quantitative estimate of drug-likeness (QED) is 0.641. The third-order valence-electron chi connectivity index (χ3n) is 3.00. The molecule has 4 heteroatoms. The van der Waals surface area contributed by atoms with Crippen LogP contribution in [0.2, 0.25) is 0 Å². The maximum Gasteiger partial charge on any atom is 0.120 e. The highest BCUT2D eigenvalue weighted by Crippen LogP contribution is 2.36. The maximum atomic E-state index is 6.61. The lowest BCUT2D eigenvalue weighted by atomic mass is 10.0. The molecular formula is C17H18BrClO2. The number of rotatable bonds is 5. The van der Waals surface area contributed by atoms with E-state index in [-0.39, 0.29) is 11.5 Å². The summed E-state index contributed by atoms with van der Waals surface area (Å²) >= 11 is 10.2. The summed E-state index contributed by atoms with van der Waals surface area (Å²) in [6, 6.07) is 13.7.